The molecule has 1 amide bonds. The topological polar surface area (TPSA) is 79.6 Å². The van der Waals surface area contributed by atoms with Gasteiger partial charge in [0.2, 0.25) is 11.7 Å². The van der Waals surface area contributed by atoms with Crippen molar-refractivity contribution in [1.82, 2.24) is 9.88 Å². The number of likely N-dealkylation sites (N-methyl/N-ethyl adjacent to an activating group) is 1. The number of rotatable bonds is 4. The molecule has 1 aliphatic rings. The maximum Gasteiger partial charge on any atom is 0.406 e. The maximum absolute atomic E-state index is 12.4. The number of alkyl halides is 3. The number of aromatic nitrogens is 1. The molecular formula is C12H13F3N4O3. The summed E-state index contributed by atoms with van der Waals surface area (Å²) >= 11 is 0. The molecule has 1 atom stereocenters. The second-order valence-corrected chi connectivity index (χ2v) is 4.89. The molecule has 0 bridgehead atoms. The lowest BCUT2D eigenvalue weighted by molar-refractivity contribution is -0.384. The van der Waals surface area contributed by atoms with E-state index in [1.54, 1.807) is 0 Å². The van der Waals surface area contributed by atoms with Crippen LogP contribution in [-0.2, 0) is 4.79 Å². The fourth-order valence-electron chi connectivity index (χ4n) is 2.41. The van der Waals surface area contributed by atoms with Crippen molar-refractivity contribution >= 4 is 17.4 Å². The summed E-state index contributed by atoms with van der Waals surface area (Å²) in [5.41, 5.74) is -0.299. The van der Waals surface area contributed by atoms with Crippen molar-refractivity contribution in [2.45, 2.75) is 18.6 Å². The second-order valence-electron chi connectivity index (χ2n) is 4.89. The van der Waals surface area contributed by atoms with E-state index in [4.69, 9.17) is 0 Å². The molecule has 1 aromatic heterocycles. The molecule has 22 heavy (non-hydrogen) atoms. The van der Waals surface area contributed by atoms with Gasteiger partial charge in [-0.1, -0.05) is 0 Å². The Morgan fingerprint density at radius 2 is 2.23 bits per heavy atom. The van der Waals surface area contributed by atoms with Crippen molar-refractivity contribution < 1.29 is 22.9 Å². The Kier molecular flexibility index (Phi) is 4.20. The predicted molar refractivity (Wildman–Crippen MR) is 70.3 cm³/mol. The molecule has 0 radical (unpaired) electrons. The second kappa shape index (κ2) is 5.78. The number of carbonyl (C=O) groups excluding carboxylic acids is 1. The van der Waals surface area contributed by atoms with Gasteiger partial charge in [-0.05, 0) is 12.5 Å². The standard InChI is InChI=1S/C12H13F3N4O3/c1-17(10-8(19(21)22)3-2-5-16-10)9-4-6-18(11(9)20)7-12(13,14)15/h2-3,5,9H,4,6-7H2,1H3. The average molecular weight is 318 g/mol. The number of hydrogen-bond acceptors (Lipinski definition) is 5. The molecule has 1 aliphatic heterocycles. The van der Waals surface area contributed by atoms with Gasteiger partial charge in [0.1, 0.15) is 12.6 Å². The summed E-state index contributed by atoms with van der Waals surface area (Å²) in [4.78, 5) is 28.2. The Balaban J connectivity index is 2.20. The zero-order valence-corrected chi connectivity index (χ0v) is 11.6. The van der Waals surface area contributed by atoms with Gasteiger partial charge in [0.05, 0.1) is 4.92 Å². The van der Waals surface area contributed by atoms with Crippen LogP contribution in [0.25, 0.3) is 0 Å². The fourth-order valence-corrected chi connectivity index (χ4v) is 2.41. The Hall–Kier alpha value is -2.39. The Morgan fingerprint density at radius 3 is 2.82 bits per heavy atom. The third-order valence-electron chi connectivity index (χ3n) is 3.40. The quantitative estimate of drug-likeness (QED) is 0.622. The van der Waals surface area contributed by atoms with E-state index in [2.05, 4.69) is 4.98 Å². The molecular weight excluding hydrogens is 305 g/mol. The van der Waals surface area contributed by atoms with E-state index in [0.717, 1.165) is 0 Å². The summed E-state index contributed by atoms with van der Waals surface area (Å²) in [6.45, 7) is -1.37. The molecule has 0 saturated carbocycles. The van der Waals surface area contributed by atoms with Crippen LogP contribution in [0.2, 0.25) is 0 Å². The van der Waals surface area contributed by atoms with E-state index in [1.807, 2.05) is 0 Å². The van der Waals surface area contributed by atoms with E-state index < -0.39 is 29.6 Å². The van der Waals surface area contributed by atoms with Crippen LogP contribution >= 0.6 is 0 Å². The Labute approximate surface area is 123 Å². The molecule has 0 aliphatic carbocycles. The van der Waals surface area contributed by atoms with Crippen molar-refractivity contribution in [3.63, 3.8) is 0 Å². The monoisotopic (exact) mass is 318 g/mol. The smallest absolute Gasteiger partial charge is 0.342 e. The van der Waals surface area contributed by atoms with Gasteiger partial charge < -0.3 is 9.80 Å². The minimum Gasteiger partial charge on any atom is -0.342 e. The van der Waals surface area contributed by atoms with E-state index >= 15 is 0 Å². The first kappa shape index (κ1) is 16.0. The zero-order chi connectivity index (χ0) is 16.5. The highest BCUT2D eigenvalue weighted by Crippen LogP contribution is 2.29. The molecule has 1 aromatic rings. The summed E-state index contributed by atoms with van der Waals surface area (Å²) in [5.74, 6) is -0.750. The highest BCUT2D eigenvalue weighted by atomic mass is 19.4. The first-order valence-electron chi connectivity index (χ1n) is 6.38. The molecule has 2 rings (SSSR count). The number of nitro groups is 1. The van der Waals surface area contributed by atoms with Crippen LogP contribution < -0.4 is 4.90 Å². The van der Waals surface area contributed by atoms with Crippen LogP contribution in [0, 0.1) is 10.1 Å². The minimum atomic E-state index is -4.47. The van der Waals surface area contributed by atoms with Crippen molar-refractivity contribution in [2.24, 2.45) is 0 Å². The van der Waals surface area contributed by atoms with Crippen LogP contribution in [0.5, 0.6) is 0 Å². The molecule has 0 aromatic carbocycles. The summed E-state index contributed by atoms with van der Waals surface area (Å²) in [7, 11) is 1.41. The van der Waals surface area contributed by atoms with Gasteiger partial charge in [0.25, 0.3) is 0 Å². The average Bonchev–Trinajstić information content (AvgIpc) is 2.77. The largest absolute Gasteiger partial charge is 0.406 e. The lowest BCUT2D eigenvalue weighted by Crippen LogP contribution is -2.43. The number of anilines is 1. The van der Waals surface area contributed by atoms with Crippen molar-refractivity contribution in [1.29, 1.82) is 0 Å². The Morgan fingerprint density at radius 1 is 1.55 bits per heavy atom. The molecule has 0 spiro atoms. The van der Waals surface area contributed by atoms with E-state index in [1.165, 1.54) is 30.3 Å². The minimum absolute atomic E-state index is 0.0419. The summed E-state index contributed by atoms with van der Waals surface area (Å²) in [6.07, 6.45) is -3.00. The number of carbonyl (C=O) groups is 1. The molecule has 7 nitrogen and oxygen atoms in total. The van der Waals surface area contributed by atoms with E-state index in [9.17, 15) is 28.1 Å². The molecule has 2 heterocycles. The van der Waals surface area contributed by atoms with Gasteiger partial charge in [0, 0.05) is 25.9 Å². The molecule has 0 N–H and O–H groups in total. The first-order chi connectivity index (χ1) is 10.2. The van der Waals surface area contributed by atoms with Crippen LogP contribution in [0.3, 0.4) is 0 Å². The first-order valence-corrected chi connectivity index (χ1v) is 6.38. The number of halogens is 3. The van der Waals surface area contributed by atoms with Crippen LogP contribution in [0.4, 0.5) is 24.7 Å². The molecule has 1 unspecified atom stereocenters. The Bertz CT molecular complexity index is 593. The van der Waals surface area contributed by atoms with Crippen LogP contribution in [-0.4, -0.2) is 53.1 Å². The van der Waals surface area contributed by atoms with E-state index in [-0.39, 0.29) is 24.5 Å². The normalized spacial score (nSPS) is 18.6. The molecule has 120 valence electrons. The summed E-state index contributed by atoms with van der Waals surface area (Å²) in [6, 6.07) is 1.71. The zero-order valence-electron chi connectivity index (χ0n) is 11.6. The number of amides is 1. The van der Waals surface area contributed by atoms with Gasteiger partial charge in [-0.2, -0.15) is 13.2 Å². The fraction of sp³-hybridized carbons (Fsp3) is 0.500. The SMILES string of the molecule is CN(c1ncccc1[N+](=O)[O-])C1CCN(CC(F)(F)F)C1=O. The molecule has 10 heteroatoms. The van der Waals surface area contributed by atoms with Gasteiger partial charge in [-0.15, -0.1) is 0 Å². The highest BCUT2D eigenvalue weighted by Gasteiger charge is 2.41. The summed E-state index contributed by atoms with van der Waals surface area (Å²) < 4.78 is 37.2. The summed E-state index contributed by atoms with van der Waals surface area (Å²) in [5, 5.41) is 11.0. The lowest BCUT2D eigenvalue weighted by Gasteiger charge is -2.24. The number of likely N-dealkylation sites (tertiary alicyclic amines) is 1. The maximum atomic E-state index is 12.4. The lowest BCUT2D eigenvalue weighted by atomic mass is 10.2. The van der Waals surface area contributed by atoms with Gasteiger partial charge in [-0.3, -0.25) is 14.9 Å². The highest BCUT2D eigenvalue weighted by molar-refractivity contribution is 5.87. The van der Waals surface area contributed by atoms with Gasteiger partial charge >= 0.3 is 11.9 Å². The van der Waals surface area contributed by atoms with Crippen LogP contribution in [0.15, 0.2) is 18.3 Å². The van der Waals surface area contributed by atoms with Crippen molar-refractivity contribution in [3.05, 3.63) is 28.4 Å². The van der Waals surface area contributed by atoms with Crippen molar-refractivity contribution in [2.75, 3.05) is 25.0 Å². The molecule has 1 saturated heterocycles. The van der Waals surface area contributed by atoms with Crippen LogP contribution in [0.1, 0.15) is 6.42 Å². The predicted octanol–water partition coefficient (Wildman–Crippen LogP) is 1.59. The number of nitrogens with zero attached hydrogens (tertiary/aromatic N) is 4. The van der Waals surface area contributed by atoms with Gasteiger partial charge in [-0.25, -0.2) is 4.98 Å². The van der Waals surface area contributed by atoms with Crippen molar-refractivity contribution in [3.8, 4) is 0 Å². The number of hydrogen-bond donors (Lipinski definition) is 0. The van der Waals surface area contributed by atoms with Gasteiger partial charge in [0.15, 0.2) is 0 Å². The third kappa shape index (κ3) is 3.26. The van der Waals surface area contributed by atoms with E-state index in [0.29, 0.717) is 4.90 Å². The molecule has 1 fully saturated rings. The number of pyridine rings is 1. The third-order valence-corrected chi connectivity index (χ3v) is 3.40.